The van der Waals surface area contributed by atoms with Crippen molar-refractivity contribution >= 4 is 0 Å². The first-order valence-electron chi connectivity index (χ1n) is 4.46. The highest BCUT2D eigenvalue weighted by Crippen LogP contribution is 2.16. The van der Waals surface area contributed by atoms with Crippen molar-refractivity contribution in [2.24, 2.45) is 5.92 Å². The fourth-order valence-corrected chi connectivity index (χ4v) is 0.943. The van der Waals surface area contributed by atoms with Gasteiger partial charge in [-0.2, -0.15) is 5.26 Å². The van der Waals surface area contributed by atoms with E-state index in [0.717, 1.165) is 0 Å². The molecule has 0 fully saturated rings. The van der Waals surface area contributed by atoms with Crippen LogP contribution in [0.5, 0.6) is 5.75 Å². The predicted molar refractivity (Wildman–Crippen MR) is 51.4 cm³/mol. The number of ether oxygens (including phenoxy) is 1. The van der Waals surface area contributed by atoms with Crippen LogP contribution in [-0.2, 0) is 0 Å². The van der Waals surface area contributed by atoms with E-state index in [0.29, 0.717) is 18.3 Å². The summed E-state index contributed by atoms with van der Waals surface area (Å²) in [4.78, 5) is 0. The lowest BCUT2D eigenvalue weighted by molar-refractivity contribution is 0.270. The Hall–Kier alpha value is -1.56. The monoisotopic (exact) mass is 193 g/mol. The third kappa shape index (κ3) is 2.74. The van der Waals surface area contributed by atoms with Gasteiger partial charge >= 0.3 is 0 Å². The molecule has 3 heteroatoms. The number of rotatable bonds is 3. The van der Waals surface area contributed by atoms with E-state index in [1.807, 2.05) is 13.8 Å². The molecule has 0 aliphatic carbocycles. The summed E-state index contributed by atoms with van der Waals surface area (Å²) in [6, 6.07) is 5.95. The Kier molecular flexibility index (Phi) is 3.47. The molecule has 0 heterocycles. The largest absolute Gasteiger partial charge is 0.493 e. The van der Waals surface area contributed by atoms with E-state index in [1.54, 1.807) is 6.07 Å². The van der Waals surface area contributed by atoms with Gasteiger partial charge in [0, 0.05) is 6.07 Å². The number of halogens is 1. The van der Waals surface area contributed by atoms with E-state index < -0.39 is 5.82 Å². The van der Waals surface area contributed by atoms with Crippen molar-refractivity contribution in [2.75, 3.05) is 6.61 Å². The molecule has 74 valence electrons. The molecule has 0 aliphatic rings. The van der Waals surface area contributed by atoms with E-state index >= 15 is 0 Å². The van der Waals surface area contributed by atoms with E-state index in [9.17, 15) is 4.39 Å². The molecule has 1 aromatic rings. The lowest BCUT2D eigenvalue weighted by Crippen LogP contribution is -2.04. The second kappa shape index (κ2) is 4.61. The first-order chi connectivity index (χ1) is 6.63. The van der Waals surface area contributed by atoms with Crippen molar-refractivity contribution in [1.82, 2.24) is 0 Å². The van der Waals surface area contributed by atoms with Crippen LogP contribution in [0.25, 0.3) is 0 Å². The first-order valence-corrected chi connectivity index (χ1v) is 4.46. The van der Waals surface area contributed by atoms with Crippen LogP contribution in [0.2, 0.25) is 0 Å². The number of benzene rings is 1. The third-order valence-electron chi connectivity index (χ3n) is 1.64. The highest BCUT2D eigenvalue weighted by atomic mass is 19.1. The third-order valence-corrected chi connectivity index (χ3v) is 1.64. The first kappa shape index (κ1) is 10.5. The fourth-order valence-electron chi connectivity index (χ4n) is 0.943. The molecule has 2 nitrogen and oxygen atoms in total. The second-order valence-corrected chi connectivity index (χ2v) is 3.46. The molecule has 0 atom stereocenters. The van der Waals surface area contributed by atoms with Crippen LogP contribution in [0.4, 0.5) is 4.39 Å². The van der Waals surface area contributed by atoms with Crippen molar-refractivity contribution in [3.8, 4) is 11.8 Å². The normalized spacial score (nSPS) is 9.93. The van der Waals surface area contributed by atoms with Crippen LogP contribution in [0.15, 0.2) is 18.2 Å². The summed E-state index contributed by atoms with van der Waals surface area (Å²) in [5.74, 6) is 0.437. The van der Waals surface area contributed by atoms with Crippen LogP contribution in [-0.4, -0.2) is 6.61 Å². The zero-order chi connectivity index (χ0) is 10.6. The smallest absolute Gasteiger partial charge is 0.141 e. The molecule has 14 heavy (non-hydrogen) atoms. The number of nitriles is 1. The molecule has 0 radical (unpaired) electrons. The molecule has 0 aliphatic heterocycles. The minimum Gasteiger partial charge on any atom is -0.493 e. The van der Waals surface area contributed by atoms with Crippen molar-refractivity contribution in [1.29, 1.82) is 5.26 Å². The van der Waals surface area contributed by atoms with Gasteiger partial charge in [0.05, 0.1) is 12.2 Å². The van der Waals surface area contributed by atoms with Crippen LogP contribution < -0.4 is 4.74 Å². The van der Waals surface area contributed by atoms with Gasteiger partial charge in [0.2, 0.25) is 0 Å². The molecule has 1 rings (SSSR count). The number of hydrogen-bond acceptors (Lipinski definition) is 2. The number of nitrogens with zero attached hydrogens (tertiary/aromatic N) is 1. The summed E-state index contributed by atoms with van der Waals surface area (Å²) in [5.41, 5.74) is 0.0197. The summed E-state index contributed by atoms with van der Waals surface area (Å²) in [5, 5.41) is 8.57. The molecule has 0 saturated carbocycles. The number of hydrogen-bond donors (Lipinski definition) is 0. The quantitative estimate of drug-likeness (QED) is 0.739. The Morgan fingerprint density at radius 3 is 2.79 bits per heavy atom. The Labute approximate surface area is 82.9 Å². The van der Waals surface area contributed by atoms with Gasteiger partial charge in [-0.15, -0.1) is 0 Å². The van der Waals surface area contributed by atoms with Crippen molar-refractivity contribution in [2.45, 2.75) is 13.8 Å². The van der Waals surface area contributed by atoms with E-state index in [2.05, 4.69) is 0 Å². The SMILES string of the molecule is CC(C)COc1ccc(F)c(C#N)c1. The standard InChI is InChI=1S/C11H12FNO/c1-8(2)7-14-10-3-4-11(12)9(5-10)6-13/h3-5,8H,7H2,1-2H3. The summed E-state index contributed by atoms with van der Waals surface area (Å²) in [6.45, 7) is 4.61. The minimum atomic E-state index is -0.510. The molecular formula is C11H12FNO. The van der Waals surface area contributed by atoms with Crippen molar-refractivity contribution in [3.63, 3.8) is 0 Å². The lowest BCUT2D eigenvalue weighted by Gasteiger charge is -2.08. The summed E-state index contributed by atoms with van der Waals surface area (Å²) < 4.78 is 18.2. The average molecular weight is 193 g/mol. The molecule has 0 N–H and O–H groups in total. The van der Waals surface area contributed by atoms with Gasteiger partial charge < -0.3 is 4.74 Å². The van der Waals surface area contributed by atoms with E-state index in [1.165, 1.54) is 18.2 Å². The molecule has 0 spiro atoms. The van der Waals surface area contributed by atoms with Crippen LogP contribution in [0.3, 0.4) is 0 Å². The topological polar surface area (TPSA) is 33.0 Å². The van der Waals surface area contributed by atoms with Gasteiger partial charge in [0.25, 0.3) is 0 Å². The molecule has 0 aromatic heterocycles. The molecule has 1 aromatic carbocycles. The van der Waals surface area contributed by atoms with Crippen LogP contribution >= 0.6 is 0 Å². The zero-order valence-electron chi connectivity index (χ0n) is 8.25. The Morgan fingerprint density at radius 2 is 2.21 bits per heavy atom. The lowest BCUT2D eigenvalue weighted by atomic mass is 10.2. The van der Waals surface area contributed by atoms with Gasteiger partial charge in [-0.3, -0.25) is 0 Å². The molecule has 0 unspecified atom stereocenters. The maximum Gasteiger partial charge on any atom is 0.141 e. The average Bonchev–Trinajstić information content (AvgIpc) is 2.16. The summed E-state index contributed by atoms with van der Waals surface area (Å²) in [7, 11) is 0. The minimum absolute atomic E-state index is 0.0197. The Balaban J connectivity index is 2.76. The van der Waals surface area contributed by atoms with Gasteiger partial charge in [0.1, 0.15) is 17.6 Å². The van der Waals surface area contributed by atoms with Crippen molar-refractivity contribution in [3.05, 3.63) is 29.6 Å². The Bertz CT molecular complexity index is 355. The van der Waals surface area contributed by atoms with Gasteiger partial charge in [-0.25, -0.2) is 4.39 Å². The zero-order valence-corrected chi connectivity index (χ0v) is 8.25. The maximum atomic E-state index is 12.9. The maximum absolute atomic E-state index is 12.9. The molecule has 0 bridgehead atoms. The van der Waals surface area contributed by atoms with Gasteiger partial charge in [-0.05, 0) is 18.1 Å². The Morgan fingerprint density at radius 1 is 1.50 bits per heavy atom. The fraction of sp³-hybridized carbons (Fsp3) is 0.364. The van der Waals surface area contributed by atoms with Crippen molar-refractivity contribution < 1.29 is 9.13 Å². The van der Waals surface area contributed by atoms with Crippen LogP contribution in [0.1, 0.15) is 19.4 Å². The predicted octanol–water partition coefficient (Wildman–Crippen LogP) is 2.73. The molecule has 0 saturated heterocycles. The summed E-state index contributed by atoms with van der Waals surface area (Å²) in [6.07, 6.45) is 0. The highest BCUT2D eigenvalue weighted by Gasteiger charge is 2.03. The second-order valence-electron chi connectivity index (χ2n) is 3.46. The van der Waals surface area contributed by atoms with Crippen LogP contribution in [0, 0.1) is 23.1 Å². The van der Waals surface area contributed by atoms with Gasteiger partial charge in [-0.1, -0.05) is 13.8 Å². The molecular weight excluding hydrogens is 181 g/mol. The highest BCUT2D eigenvalue weighted by molar-refractivity contribution is 5.37. The summed E-state index contributed by atoms with van der Waals surface area (Å²) >= 11 is 0. The van der Waals surface area contributed by atoms with E-state index in [4.69, 9.17) is 10.00 Å². The van der Waals surface area contributed by atoms with E-state index in [-0.39, 0.29) is 5.56 Å². The molecule has 0 amide bonds. The van der Waals surface area contributed by atoms with Gasteiger partial charge in [0.15, 0.2) is 0 Å².